The van der Waals surface area contributed by atoms with Crippen LogP contribution in [0.5, 0.6) is 5.75 Å². The molecule has 0 aliphatic heterocycles. The summed E-state index contributed by atoms with van der Waals surface area (Å²) in [6.45, 7) is 2.25. The lowest BCUT2D eigenvalue weighted by atomic mass is 10.2. The van der Waals surface area contributed by atoms with Gasteiger partial charge >= 0.3 is 5.97 Å². The van der Waals surface area contributed by atoms with Crippen molar-refractivity contribution in [3.05, 3.63) is 34.9 Å². The number of hydrogen-bond donors (Lipinski definition) is 1. The Morgan fingerprint density at radius 3 is 2.76 bits per heavy atom. The molecule has 2 heterocycles. The maximum Gasteiger partial charge on any atom is 0.358 e. The molecule has 0 unspecified atom stereocenters. The molecule has 0 bridgehead atoms. The number of aromatic carboxylic acids is 1. The smallest absolute Gasteiger partial charge is 0.358 e. The fraction of sp³-hybridized carbons (Fsp3) is 0.385. The van der Waals surface area contributed by atoms with Gasteiger partial charge in [-0.2, -0.15) is 0 Å². The van der Waals surface area contributed by atoms with Crippen molar-refractivity contribution in [1.29, 1.82) is 0 Å². The normalized spacial score (nSPS) is 10.6. The van der Waals surface area contributed by atoms with Gasteiger partial charge in [-0.15, -0.1) is 5.10 Å². The van der Waals surface area contributed by atoms with Crippen LogP contribution in [0.4, 0.5) is 0 Å². The lowest BCUT2D eigenvalue weighted by Crippen LogP contribution is -2.11. The fourth-order valence-corrected chi connectivity index (χ4v) is 1.96. The summed E-state index contributed by atoms with van der Waals surface area (Å²) in [6, 6.07) is 3.58. The third-order valence-corrected chi connectivity index (χ3v) is 2.85. The molecule has 0 aromatic carbocycles. The summed E-state index contributed by atoms with van der Waals surface area (Å²) >= 11 is 0. The predicted molar refractivity (Wildman–Crippen MR) is 72.3 cm³/mol. The zero-order valence-corrected chi connectivity index (χ0v) is 12.0. The Kier molecular flexibility index (Phi) is 4.49. The van der Waals surface area contributed by atoms with Crippen LogP contribution in [0.3, 0.4) is 0 Å². The quantitative estimate of drug-likeness (QED) is 0.843. The zero-order valence-electron chi connectivity index (χ0n) is 12.0. The van der Waals surface area contributed by atoms with E-state index in [9.17, 15) is 4.79 Å². The van der Waals surface area contributed by atoms with E-state index in [1.165, 1.54) is 11.8 Å². The number of methoxy groups -OCH3 is 2. The summed E-state index contributed by atoms with van der Waals surface area (Å²) in [6.07, 6.45) is 0. The van der Waals surface area contributed by atoms with Gasteiger partial charge in [-0.3, -0.25) is 4.98 Å². The van der Waals surface area contributed by atoms with E-state index >= 15 is 0 Å². The molecule has 0 fully saturated rings. The predicted octanol–water partition coefficient (Wildman–Crippen LogP) is 0.883. The molecule has 0 amide bonds. The Balaban J connectivity index is 2.35. The van der Waals surface area contributed by atoms with Crippen LogP contribution in [0.1, 0.15) is 27.6 Å². The fourth-order valence-electron chi connectivity index (χ4n) is 1.96. The summed E-state index contributed by atoms with van der Waals surface area (Å²) in [5.41, 5.74) is 1.78. The SMILES string of the molecule is COCc1c(C(=O)O)nnn1Cc1cc(OC)cc(C)n1. The van der Waals surface area contributed by atoms with Crippen molar-refractivity contribution in [2.24, 2.45) is 0 Å². The van der Waals surface area contributed by atoms with Gasteiger partial charge in [-0.25, -0.2) is 9.48 Å². The maximum atomic E-state index is 11.1. The monoisotopic (exact) mass is 292 g/mol. The van der Waals surface area contributed by atoms with Crippen LogP contribution in [0, 0.1) is 6.92 Å². The van der Waals surface area contributed by atoms with E-state index in [1.807, 2.05) is 13.0 Å². The number of ether oxygens (including phenoxy) is 2. The molecule has 1 N–H and O–H groups in total. The first-order valence-corrected chi connectivity index (χ1v) is 6.21. The van der Waals surface area contributed by atoms with Crippen LogP contribution in [-0.2, 0) is 17.9 Å². The number of pyridine rings is 1. The van der Waals surface area contributed by atoms with Crippen LogP contribution in [0.2, 0.25) is 0 Å². The van der Waals surface area contributed by atoms with Gasteiger partial charge in [0.05, 0.1) is 31.6 Å². The standard InChI is InChI=1S/C13H16N4O4/c1-8-4-10(21-3)5-9(14-8)6-17-11(7-20-2)12(13(18)19)15-16-17/h4-5H,6-7H2,1-3H3,(H,18,19). The van der Waals surface area contributed by atoms with Crippen molar-refractivity contribution in [3.63, 3.8) is 0 Å². The summed E-state index contributed by atoms with van der Waals surface area (Å²) in [5, 5.41) is 16.6. The summed E-state index contributed by atoms with van der Waals surface area (Å²) < 4.78 is 11.7. The molecule has 0 atom stereocenters. The van der Waals surface area contributed by atoms with E-state index in [2.05, 4.69) is 15.3 Å². The highest BCUT2D eigenvalue weighted by atomic mass is 16.5. The molecular weight excluding hydrogens is 276 g/mol. The summed E-state index contributed by atoms with van der Waals surface area (Å²) in [4.78, 5) is 15.5. The van der Waals surface area contributed by atoms with Gasteiger partial charge < -0.3 is 14.6 Å². The van der Waals surface area contributed by atoms with Crippen LogP contribution in [-0.4, -0.2) is 45.3 Å². The van der Waals surface area contributed by atoms with Crippen molar-refractivity contribution in [3.8, 4) is 5.75 Å². The number of rotatable bonds is 6. The minimum Gasteiger partial charge on any atom is -0.497 e. The minimum absolute atomic E-state index is 0.109. The molecule has 2 aromatic heterocycles. The summed E-state index contributed by atoms with van der Waals surface area (Å²) in [7, 11) is 3.06. The number of nitrogens with zero attached hydrogens (tertiary/aromatic N) is 4. The second kappa shape index (κ2) is 6.31. The Morgan fingerprint density at radius 2 is 2.14 bits per heavy atom. The number of aromatic nitrogens is 4. The van der Waals surface area contributed by atoms with Crippen molar-refractivity contribution >= 4 is 5.97 Å². The van der Waals surface area contributed by atoms with Crippen molar-refractivity contribution in [2.45, 2.75) is 20.1 Å². The topological polar surface area (TPSA) is 99.4 Å². The lowest BCUT2D eigenvalue weighted by molar-refractivity contribution is 0.0684. The zero-order chi connectivity index (χ0) is 15.4. The van der Waals surface area contributed by atoms with Gasteiger partial charge in [0.2, 0.25) is 0 Å². The Bertz CT molecular complexity index is 654. The molecule has 8 heteroatoms. The third-order valence-electron chi connectivity index (χ3n) is 2.85. The molecule has 0 aliphatic rings. The highest BCUT2D eigenvalue weighted by molar-refractivity contribution is 5.86. The van der Waals surface area contributed by atoms with E-state index in [1.54, 1.807) is 13.2 Å². The molecule has 0 saturated carbocycles. The molecule has 0 spiro atoms. The van der Waals surface area contributed by atoms with Crippen LogP contribution >= 0.6 is 0 Å². The lowest BCUT2D eigenvalue weighted by Gasteiger charge is -2.08. The highest BCUT2D eigenvalue weighted by Crippen LogP contribution is 2.15. The van der Waals surface area contributed by atoms with Crippen LogP contribution < -0.4 is 4.74 Å². The molecule has 0 aliphatic carbocycles. The van der Waals surface area contributed by atoms with E-state index in [-0.39, 0.29) is 18.8 Å². The van der Waals surface area contributed by atoms with Gasteiger partial charge in [0.1, 0.15) is 5.75 Å². The van der Waals surface area contributed by atoms with Gasteiger partial charge in [-0.1, -0.05) is 5.21 Å². The minimum atomic E-state index is -1.14. The van der Waals surface area contributed by atoms with Gasteiger partial charge in [0.25, 0.3) is 0 Å². The molecule has 2 aromatic rings. The van der Waals surface area contributed by atoms with E-state index in [0.717, 1.165) is 5.69 Å². The second-order valence-electron chi connectivity index (χ2n) is 4.42. The van der Waals surface area contributed by atoms with Crippen LogP contribution in [0.25, 0.3) is 0 Å². The Labute approximate surface area is 121 Å². The third kappa shape index (κ3) is 3.34. The number of hydrogen-bond acceptors (Lipinski definition) is 6. The van der Waals surface area contributed by atoms with Gasteiger partial charge in [0, 0.05) is 24.9 Å². The largest absolute Gasteiger partial charge is 0.497 e. The Morgan fingerprint density at radius 1 is 1.38 bits per heavy atom. The second-order valence-corrected chi connectivity index (χ2v) is 4.42. The molecule has 0 saturated heterocycles. The first kappa shape index (κ1) is 14.9. The highest BCUT2D eigenvalue weighted by Gasteiger charge is 2.19. The van der Waals surface area contributed by atoms with E-state index in [0.29, 0.717) is 17.1 Å². The average Bonchev–Trinajstić information content (AvgIpc) is 2.82. The van der Waals surface area contributed by atoms with Crippen molar-refractivity contribution in [2.75, 3.05) is 14.2 Å². The van der Waals surface area contributed by atoms with Gasteiger partial charge in [-0.05, 0) is 6.92 Å². The van der Waals surface area contributed by atoms with Crippen LogP contribution in [0.15, 0.2) is 12.1 Å². The molecule has 2 rings (SSSR count). The van der Waals surface area contributed by atoms with Crippen molar-refractivity contribution < 1.29 is 19.4 Å². The van der Waals surface area contributed by atoms with Gasteiger partial charge in [0.15, 0.2) is 5.69 Å². The number of carboxylic acid groups (broad SMARTS) is 1. The number of carboxylic acids is 1. The molecular formula is C13H16N4O4. The Hall–Kier alpha value is -2.48. The number of carbonyl (C=O) groups is 1. The van der Waals surface area contributed by atoms with Crippen molar-refractivity contribution in [1.82, 2.24) is 20.0 Å². The van der Waals surface area contributed by atoms with E-state index < -0.39 is 5.97 Å². The molecule has 112 valence electrons. The summed E-state index contributed by atoms with van der Waals surface area (Å²) in [5.74, 6) is -0.451. The van der Waals surface area contributed by atoms with E-state index in [4.69, 9.17) is 14.6 Å². The molecule has 8 nitrogen and oxygen atoms in total. The first-order valence-electron chi connectivity index (χ1n) is 6.21. The maximum absolute atomic E-state index is 11.1. The molecule has 21 heavy (non-hydrogen) atoms. The molecule has 0 radical (unpaired) electrons. The first-order chi connectivity index (χ1) is 10.0. The number of aryl methyl sites for hydroxylation is 1. The average molecular weight is 292 g/mol.